The number of fused-ring (bicyclic) bond motifs is 1. The summed E-state index contributed by atoms with van der Waals surface area (Å²) >= 11 is 0. The van der Waals surface area contributed by atoms with E-state index in [1.165, 1.54) is 5.56 Å². The first kappa shape index (κ1) is 14.5. The van der Waals surface area contributed by atoms with Crippen LogP contribution in [0.3, 0.4) is 0 Å². The summed E-state index contributed by atoms with van der Waals surface area (Å²) in [7, 11) is 0. The predicted molar refractivity (Wildman–Crippen MR) is 83.4 cm³/mol. The topological polar surface area (TPSA) is 41.6 Å². The van der Waals surface area contributed by atoms with Crippen molar-refractivity contribution in [2.24, 2.45) is 5.92 Å². The number of amides is 1. The van der Waals surface area contributed by atoms with Gasteiger partial charge in [-0.3, -0.25) is 4.79 Å². The van der Waals surface area contributed by atoms with Crippen molar-refractivity contribution in [1.29, 1.82) is 0 Å². The second kappa shape index (κ2) is 6.16. The van der Waals surface area contributed by atoms with E-state index in [-0.39, 0.29) is 17.9 Å². The lowest BCUT2D eigenvalue weighted by atomic mass is 9.93. The predicted octanol–water partition coefficient (Wildman–Crippen LogP) is 2.50. The minimum Gasteiger partial charge on any atom is -0.378 e. The van der Waals surface area contributed by atoms with Crippen LogP contribution in [-0.2, 0) is 9.53 Å². The van der Waals surface area contributed by atoms with E-state index in [2.05, 4.69) is 30.4 Å². The van der Waals surface area contributed by atoms with Crippen molar-refractivity contribution in [3.05, 3.63) is 29.8 Å². The third kappa shape index (κ3) is 2.70. The van der Waals surface area contributed by atoms with Crippen LogP contribution in [0.15, 0.2) is 24.3 Å². The van der Waals surface area contributed by atoms with Crippen LogP contribution >= 0.6 is 0 Å². The molecule has 3 unspecified atom stereocenters. The van der Waals surface area contributed by atoms with Crippen LogP contribution in [0.5, 0.6) is 0 Å². The molecule has 1 saturated heterocycles. The fourth-order valence-corrected chi connectivity index (χ4v) is 3.51. The normalized spacial score (nSPS) is 28.5. The quantitative estimate of drug-likeness (QED) is 0.929. The summed E-state index contributed by atoms with van der Waals surface area (Å²) in [5.74, 6) is 0.233. The monoisotopic (exact) mass is 288 g/mol. The molecule has 0 aliphatic carbocycles. The summed E-state index contributed by atoms with van der Waals surface area (Å²) in [5.41, 5.74) is 2.31. The van der Waals surface area contributed by atoms with Crippen molar-refractivity contribution in [3.8, 4) is 0 Å². The molecule has 2 heterocycles. The van der Waals surface area contributed by atoms with E-state index < -0.39 is 0 Å². The van der Waals surface area contributed by atoms with Gasteiger partial charge in [0, 0.05) is 24.9 Å². The average Bonchev–Trinajstić information content (AvgIpc) is 2.93. The van der Waals surface area contributed by atoms with E-state index in [0.717, 1.165) is 31.6 Å². The number of carbonyl (C=O) groups excluding carboxylic acids is 1. The first-order valence-corrected chi connectivity index (χ1v) is 7.97. The molecule has 2 aliphatic heterocycles. The van der Waals surface area contributed by atoms with Gasteiger partial charge in [-0.05, 0) is 37.9 Å². The molecule has 21 heavy (non-hydrogen) atoms. The highest BCUT2D eigenvalue weighted by Crippen LogP contribution is 2.35. The van der Waals surface area contributed by atoms with E-state index >= 15 is 0 Å². The number of carbonyl (C=O) groups is 1. The number of anilines is 1. The van der Waals surface area contributed by atoms with Crippen molar-refractivity contribution in [1.82, 2.24) is 5.32 Å². The summed E-state index contributed by atoms with van der Waals surface area (Å²) < 4.78 is 5.57. The van der Waals surface area contributed by atoms with Gasteiger partial charge in [0.05, 0.1) is 12.0 Å². The fourth-order valence-electron chi connectivity index (χ4n) is 3.51. The number of para-hydroxylation sites is 1. The van der Waals surface area contributed by atoms with Crippen molar-refractivity contribution in [2.75, 3.05) is 24.6 Å². The number of rotatable bonds is 3. The van der Waals surface area contributed by atoms with E-state index in [4.69, 9.17) is 4.74 Å². The molecule has 3 atom stereocenters. The summed E-state index contributed by atoms with van der Waals surface area (Å²) in [5, 5.41) is 3.52. The number of ether oxygens (including phenoxy) is 1. The maximum Gasteiger partial charge on any atom is 0.232 e. The maximum absolute atomic E-state index is 12.9. The molecule has 1 amide bonds. The summed E-state index contributed by atoms with van der Waals surface area (Å²) in [6, 6.07) is 8.63. The van der Waals surface area contributed by atoms with Gasteiger partial charge in [0.1, 0.15) is 0 Å². The minimum atomic E-state index is 0.00809. The molecule has 0 spiro atoms. The molecule has 4 heteroatoms. The van der Waals surface area contributed by atoms with Crippen LogP contribution in [0.4, 0.5) is 5.69 Å². The highest BCUT2D eigenvalue weighted by atomic mass is 16.5. The molecular formula is C17H24N2O2. The minimum absolute atomic E-state index is 0.00809. The van der Waals surface area contributed by atoms with Crippen LogP contribution in [0, 0.1) is 5.92 Å². The summed E-state index contributed by atoms with van der Waals surface area (Å²) in [6.07, 6.45) is 1.85. The van der Waals surface area contributed by atoms with Crippen molar-refractivity contribution in [3.63, 3.8) is 0 Å². The Hall–Kier alpha value is -1.39. The summed E-state index contributed by atoms with van der Waals surface area (Å²) in [6.45, 7) is 6.56. The van der Waals surface area contributed by atoms with Gasteiger partial charge in [-0.25, -0.2) is 0 Å². The second-order valence-electron chi connectivity index (χ2n) is 5.92. The number of nitrogens with one attached hydrogen (secondary N) is 1. The van der Waals surface area contributed by atoms with Gasteiger partial charge in [-0.1, -0.05) is 25.1 Å². The Kier molecular flexibility index (Phi) is 4.27. The Labute approximate surface area is 126 Å². The molecule has 0 saturated carbocycles. The fraction of sp³-hybridized carbons (Fsp3) is 0.588. The van der Waals surface area contributed by atoms with Gasteiger partial charge in [-0.15, -0.1) is 0 Å². The Balaban J connectivity index is 1.87. The lowest BCUT2D eigenvalue weighted by Crippen LogP contribution is -2.44. The van der Waals surface area contributed by atoms with Gasteiger partial charge < -0.3 is 15.0 Å². The third-order valence-corrected chi connectivity index (χ3v) is 4.65. The van der Waals surface area contributed by atoms with E-state index in [1.54, 1.807) is 0 Å². The highest BCUT2D eigenvalue weighted by molar-refractivity contribution is 5.96. The molecule has 0 radical (unpaired) electrons. The Morgan fingerprint density at radius 3 is 2.90 bits per heavy atom. The molecule has 0 aromatic heterocycles. The Bertz CT molecular complexity index is 517. The summed E-state index contributed by atoms with van der Waals surface area (Å²) in [4.78, 5) is 14.8. The molecule has 1 aromatic carbocycles. The molecular weight excluding hydrogens is 264 g/mol. The van der Waals surface area contributed by atoms with E-state index in [9.17, 15) is 4.79 Å². The van der Waals surface area contributed by atoms with Crippen LogP contribution in [0.25, 0.3) is 0 Å². The number of nitrogens with zero attached hydrogens (tertiary/aromatic N) is 1. The zero-order chi connectivity index (χ0) is 14.8. The van der Waals surface area contributed by atoms with E-state index in [1.807, 2.05) is 17.9 Å². The second-order valence-corrected chi connectivity index (χ2v) is 5.92. The third-order valence-electron chi connectivity index (χ3n) is 4.65. The van der Waals surface area contributed by atoms with Gasteiger partial charge in [0.25, 0.3) is 0 Å². The Morgan fingerprint density at radius 1 is 1.38 bits per heavy atom. The number of benzene rings is 1. The van der Waals surface area contributed by atoms with E-state index in [0.29, 0.717) is 12.6 Å². The van der Waals surface area contributed by atoms with Crippen molar-refractivity contribution >= 4 is 11.6 Å². The molecule has 1 aromatic rings. The molecule has 0 bridgehead atoms. The first-order valence-electron chi connectivity index (χ1n) is 7.97. The van der Waals surface area contributed by atoms with Crippen LogP contribution in [0.2, 0.25) is 0 Å². The molecule has 2 aliphatic rings. The standard InChI is InChI=1S/C17H24N2O2/c1-3-18-15-8-10-19(16-7-5-4-6-14(15)16)17(20)13-9-11-21-12(13)2/h4-7,12-13,15,18H,3,8-11H2,1-2H3. The zero-order valence-corrected chi connectivity index (χ0v) is 12.8. The largest absolute Gasteiger partial charge is 0.378 e. The van der Waals surface area contributed by atoms with Crippen LogP contribution in [0.1, 0.15) is 38.3 Å². The lowest BCUT2D eigenvalue weighted by molar-refractivity contribution is -0.123. The molecule has 1 fully saturated rings. The van der Waals surface area contributed by atoms with Crippen LogP contribution < -0.4 is 10.2 Å². The SMILES string of the molecule is CCNC1CCN(C(=O)C2CCOC2C)c2ccccc21. The molecule has 1 N–H and O–H groups in total. The molecule has 4 nitrogen and oxygen atoms in total. The van der Waals surface area contributed by atoms with Crippen molar-refractivity contribution in [2.45, 2.75) is 38.8 Å². The zero-order valence-electron chi connectivity index (χ0n) is 12.8. The molecule has 3 rings (SSSR count). The maximum atomic E-state index is 12.9. The van der Waals surface area contributed by atoms with Gasteiger partial charge in [0.2, 0.25) is 5.91 Å². The smallest absolute Gasteiger partial charge is 0.232 e. The van der Waals surface area contributed by atoms with Gasteiger partial charge in [0.15, 0.2) is 0 Å². The first-order chi connectivity index (χ1) is 10.2. The average molecular weight is 288 g/mol. The number of hydrogen-bond acceptors (Lipinski definition) is 3. The van der Waals surface area contributed by atoms with Crippen LogP contribution in [-0.4, -0.2) is 31.7 Å². The van der Waals surface area contributed by atoms with Gasteiger partial charge >= 0.3 is 0 Å². The number of hydrogen-bond donors (Lipinski definition) is 1. The lowest BCUT2D eigenvalue weighted by Gasteiger charge is -2.36. The molecule has 114 valence electrons. The Morgan fingerprint density at radius 2 is 2.19 bits per heavy atom. The highest BCUT2D eigenvalue weighted by Gasteiger charge is 2.37. The van der Waals surface area contributed by atoms with Gasteiger partial charge in [-0.2, -0.15) is 0 Å². The van der Waals surface area contributed by atoms with Crippen molar-refractivity contribution < 1.29 is 9.53 Å².